The largest absolute Gasteiger partial charge is 0.490 e. The summed E-state index contributed by atoms with van der Waals surface area (Å²) >= 11 is 5.97. The molecule has 1 saturated carbocycles. The maximum Gasteiger partial charge on any atom is 0.121 e. The molecule has 2 atom stereocenters. The van der Waals surface area contributed by atoms with Crippen molar-refractivity contribution in [3.8, 4) is 5.75 Å². The van der Waals surface area contributed by atoms with Crippen molar-refractivity contribution in [3.05, 3.63) is 29.3 Å². The first-order valence-corrected chi connectivity index (χ1v) is 6.74. The molecule has 0 bridgehead atoms. The van der Waals surface area contributed by atoms with E-state index in [1.54, 1.807) is 0 Å². The summed E-state index contributed by atoms with van der Waals surface area (Å²) in [5.74, 6) is 1.51. The summed E-state index contributed by atoms with van der Waals surface area (Å²) < 4.78 is 6.08. The van der Waals surface area contributed by atoms with Crippen LogP contribution in [0, 0.1) is 5.92 Å². The molecular formula is C14H20ClNO. The predicted molar refractivity (Wildman–Crippen MR) is 71.8 cm³/mol. The van der Waals surface area contributed by atoms with Crippen LogP contribution in [-0.2, 0) is 0 Å². The van der Waals surface area contributed by atoms with E-state index in [2.05, 4.69) is 5.32 Å². The Morgan fingerprint density at radius 1 is 1.35 bits per heavy atom. The quantitative estimate of drug-likeness (QED) is 0.887. The predicted octanol–water partition coefficient (Wildman–Crippen LogP) is 3.50. The lowest BCUT2D eigenvalue weighted by Crippen LogP contribution is -2.36. The molecule has 2 nitrogen and oxygen atoms in total. The SMILES string of the molecule is CNC[C@H]1CCCC[C@@H]1Oc1cccc(Cl)c1. The Kier molecular flexibility index (Phi) is 4.69. The highest BCUT2D eigenvalue weighted by Crippen LogP contribution is 2.29. The number of ether oxygens (including phenoxy) is 1. The molecule has 1 aliphatic carbocycles. The van der Waals surface area contributed by atoms with Gasteiger partial charge in [0.1, 0.15) is 11.9 Å². The number of hydrogen-bond donors (Lipinski definition) is 1. The third kappa shape index (κ3) is 3.62. The molecule has 3 heteroatoms. The minimum Gasteiger partial charge on any atom is -0.490 e. The molecule has 1 aliphatic rings. The molecule has 17 heavy (non-hydrogen) atoms. The Labute approximate surface area is 108 Å². The number of nitrogens with one attached hydrogen (secondary N) is 1. The van der Waals surface area contributed by atoms with E-state index in [9.17, 15) is 0 Å². The van der Waals surface area contributed by atoms with E-state index in [4.69, 9.17) is 16.3 Å². The third-order valence-corrected chi connectivity index (χ3v) is 3.62. The van der Waals surface area contributed by atoms with Crippen LogP contribution in [0.4, 0.5) is 0 Å². The summed E-state index contributed by atoms with van der Waals surface area (Å²) in [7, 11) is 2.01. The van der Waals surface area contributed by atoms with Gasteiger partial charge in [-0.15, -0.1) is 0 Å². The lowest BCUT2D eigenvalue weighted by Gasteiger charge is -2.31. The molecule has 1 N–H and O–H groups in total. The average molecular weight is 254 g/mol. The van der Waals surface area contributed by atoms with Crippen molar-refractivity contribution >= 4 is 11.6 Å². The molecular weight excluding hydrogens is 234 g/mol. The summed E-state index contributed by atoms with van der Waals surface area (Å²) in [5, 5.41) is 4.00. The van der Waals surface area contributed by atoms with Gasteiger partial charge >= 0.3 is 0 Å². The van der Waals surface area contributed by atoms with Crippen molar-refractivity contribution in [1.82, 2.24) is 5.32 Å². The summed E-state index contributed by atoms with van der Waals surface area (Å²) in [6.45, 7) is 1.03. The van der Waals surface area contributed by atoms with Gasteiger partial charge in [0.15, 0.2) is 0 Å². The molecule has 1 aromatic rings. The van der Waals surface area contributed by atoms with Crippen LogP contribution in [0.2, 0.25) is 5.02 Å². The van der Waals surface area contributed by atoms with E-state index >= 15 is 0 Å². The minimum atomic E-state index is 0.328. The van der Waals surface area contributed by atoms with Gasteiger partial charge in [0.25, 0.3) is 0 Å². The van der Waals surface area contributed by atoms with Crippen LogP contribution < -0.4 is 10.1 Å². The van der Waals surface area contributed by atoms with E-state index in [1.807, 2.05) is 31.3 Å². The summed E-state index contributed by atoms with van der Waals surface area (Å²) in [6.07, 6.45) is 5.33. The van der Waals surface area contributed by atoms with E-state index < -0.39 is 0 Å². The fourth-order valence-corrected chi connectivity index (χ4v) is 2.72. The molecule has 0 aliphatic heterocycles. The highest BCUT2D eigenvalue weighted by molar-refractivity contribution is 6.30. The van der Waals surface area contributed by atoms with E-state index in [1.165, 1.54) is 19.3 Å². The fourth-order valence-electron chi connectivity index (χ4n) is 2.54. The van der Waals surface area contributed by atoms with Gasteiger partial charge in [-0.1, -0.05) is 24.1 Å². The Bertz CT molecular complexity index is 354. The monoisotopic (exact) mass is 253 g/mol. The Balaban J connectivity index is 2.00. The lowest BCUT2D eigenvalue weighted by molar-refractivity contribution is 0.0931. The van der Waals surface area contributed by atoms with Crippen molar-refractivity contribution in [2.24, 2.45) is 5.92 Å². The second-order valence-corrected chi connectivity index (χ2v) is 5.15. The van der Waals surface area contributed by atoms with Crippen molar-refractivity contribution in [2.75, 3.05) is 13.6 Å². The summed E-state index contributed by atoms with van der Waals surface area (Å²) in [4.78, 5) is 0. The maximum atomic E-state index is 6.08. The average Bonchev–Trinajstić information content (AvgIpc) is 2.32. The van der Waals surface area contributed by atoms with Gasteiger partial charge in [-0.2, -0.15) is 0 Å². The number of rotatable bonds is 4. The Hall–Kier alpha value is -0.730. The van der Waals surface area contributed by atoms with Crippen molar-refractivity contribution < 1.29 is 4.74 Å². The van der Waals surface area contributed by atoms with Crippen LogP contribution in [0.1, 0.15) is 25.7 Å². The lowest BCUT2D eigenvalue weighted by atomic mass is 9.86. The minimum absolute atomic E-state index is 0.328. The van der Waals surface area contributed by atoms with Gasteiger partial charge in [0.2, 0.25) is 0 Å². The zero-order chi connectivity index (χ0) is 12.1. The molecule has 0 radical (unpaired) electrons. The van der Waals surface area contributed by atoms with Crippen LogP contribution in [-0.4, -0.2) is 19.7 Å². The molecule has 1 fully saturated rings. The highest BCUT2D eigenvalue weighted by atomic mass is 35.5. The van der Waals surface area contributed by atoms with Gasteiger partial charge in [-0.25, -0.2) is 0 Å². The fraction of sp³-hybridized carbons (Fsp3) is 0.571. The number of halogens is 1. The maximum absolute atomic E-state index is 6.08. The van der Waals surface area contributed by atoms with Gasteiger partial charge in [-0.05, 0) is 44.5 Å². The molecule has 0 heterocycles. The molecule has 0 unspecified atom stereocenters. The smallest absolute Gasteiger partial charge is 0.121 e. The topological polar surface area (TPSA) is 21.3 Å². The van der Waals surface area contributed by atoms with Crippen LogP contribution in [0.25, 0.3) is 0 Å². The van der Waals surface area contributed by atoms with Gasteiger partial charge in [0, 0.05) is 17.5 Å². The molecule has 0 saturated heterocycles. The molecule has 2 rings (SSSR count). The van der Waals surface area contributed by atoms with E-state index in [-0.39, 0.29) is 0 Å². The van der Waals surface area contributed by atoms with Crippen LogP contribution in [0.5, 0.6) is 5.75 Å². The molecule has 1 aromatic carbocycles. The Morgan fingerprint density at radius 3 is 2.94 bits per heavy atom. The second kappa shape index (κ2) is 6.27. The van der Waals surface area contributed by atoms with Gasteiger partial charge < -0.3 is 10.1 Å². The third-order valence-electron chi connectivity index (χ3n) is 3.39. The number of benzene rings is 1. The molecule has 0 aromatic heterocycles. The second-order valence-electron chi connectivity index (χ2n) is 4.72. The zero-order valence-corrected chi connectivity index (χ0v) is 11.0. The zero-order valence-electron chi connectivity index (χ0n) is 10.3. The summed E-state index contributed by atoms with van der Waals surface area (Å²) in [6, 6.07) is 7.69. The summed E-state index contributed by atoms with van der Waals surface area (Å²) in [5.41, 5.74) is 0. The number of hydrogen-bond acceptors (Lipinski definition) is 2. The normalized spacial score (nSPS) is 24.6. The Morgan fingerprint density at radius 2 is 2.18 bits per heavy atom. The van der Waals surface area contributed by atoms with Crippen molar-refractivity contribution in [2.45, 2.75) is 31.8 Å². The first-order chi connectivity index (χ1) is 8.29. The van der Waals surface area contributed by atoms with Crippen LogP contribution in [0.15, 0.2) is 24.3 Å². The molecule has 94 valence electrons. The highest BCUT2D eigenvalue weighted by Gasteiger charge is 2.26. The van der Waals surface area contributed by atoms with E-state index in [0.29, 0.717) is 12.0 Å². The van der Waals surface area contributed by atoms with Crippen molar-refractivity contribution in [3.63, 3.8) is 0 Å². The van der Waals surface area contributed by atoms with Crippen molar-refractivity contribution in [1.29, 1.82) is 0 Å². The van der Waals surface area contributed by atoms with Gasteiger partial charge in [0.05, 0.1) is 0 Å². The molecule has 0 spiro atoms. The standard InChI is InChI=1S/C14H20ClNO/c1-16-10-11-5-2-3-8-14(11)17-13-7-4-6-12(15)9-13/h4,6-7,9,11,14,16H,2-3,5,8,10H2,1H3/t11-,14+/m1/s1. The van der Waals surface area contributed by atoms with Crippen LogP contribution >= 0.6 is 11.6 Å². The van der Waals surface area contributed by atoms with E-state index in [0.717, 1.165) is 23.7 Å². The first-order valence-electron chi connectivity index (χ1n) is 6.36. The van der Waals surface area contributed by atoms with Crippen LogP contribution in [0.3, 0.4) is 0 Å². The van der Waals surface area contributed by atoms with Gasteiger partial charge in [-0.3, -0.25) is 0 Å². The first kappa shape index (κ1) is 12.7. The molecule has 0 amide bonds.